The van der Waals surface area contributed by atoms with E-state index in [1.807, 2.05) is 11.8 Å². The maximum absolute atomic E-state index is 13.1. The van der Waals surface area contributed by atoms with Crippen molar-refractivity contribution in [1.82, 2.24) is 14.1 Å². The molecule has 1 unspecified atom stereocenters. The zero-order valence-corrected chi connectivity index (χ0v) is 20.6. The summed E-state index contributed by atoms with van der Waals surface area (Å²) in [4.78, 5) is 27.7. The highest BCUT2D eigenvalue weighted by Gasteiger charge is 2.31. The molecular formula is C23H35N5O5S. The quantitative estimate of drug-likeness (QED) is 0.458. The normalized spacial score (nSPS) is 23.2. The molecule has 3 aliphatic rings. The summed E-state index contributed by atoms with van der Waals surface area (Å²) in [5.74, 6) is 0.454. The van der Waals surface area contributed by atoms with E-state index in [4.69, 9.17) is 0 Å². The van der Waals surface area contributed by atoms with E-state index in [-0.39, 0.29) is 28.4 Å². The number of nitrogens with one attached hydrogen (secondary N) is 1. The van der Waals surface area contributed by atoms with Gasteiger partial charge in [-0.05, 0) is 56.6 Å². The number of sulfonamides is 1. The molecule has 0 aliphatic carbocycles. The van der Waals surface area contributed by atoms with Gasteiger partial charge < -0.3 is 10.2 Å². The molecule has 0 radical (unpaired) electrons. The van der Waals surface area contributed by atoms with E-state index in [1.54, 1.807) is 0 Å². The topological polar surface area (TPSA) is 116 Å². The van der Waals surface area contributed by atoms with E-state index >= 15 is 0 Å². The Kier molecular flexibility index (Phi) is 7.73. The van der Waals surface area contributed by atoms with Gasteiger partial charge >= 0.3 is 0 Å². The summed E-state index contributed by atoms with van der Waals surface area (Å²) in [5.41, 5.74) is 0.111. The maximum Gasteiger partial charge on any atom is 0.293 e. The first kappa shape index (κ1) is 24.9. The summed E-state index contributed by atoms with van der Waals surface area (Å²) in [5, 5.41) is 15.0. The fourth-order valence-corrected chi connectivity index (χ4v) is 6.79. The second-order valence-corrected chi connectivity index (χ2v) is 11.8. The fraction of sp³-hybridized carbons (Fsp3) is 0.696. The molecule has 11 heteroatoms. The number of nitro groups is 1. The van der Waals surface area contributed by atoms with Gasteiger partial charge in [-0.25, -0.2) is 8.42 Å². The molecule has 3 saturated heterocycles. The number of nitro benzene ring substituents is 1. The summed E-state index contributed by atoms with van der Waals surface area (Å²) in [7, 11) is -3.77. The molecule has 34 heavy (non-hydrogen) atoms. The average Bonchev–Trinajstić information content (AvgIpc) is 3.36. The summed E-state index contributed by atoms with van der Waals surface area (Å²) < 4.78 is 27.6. The lowest BCUT2D eigenvalue weighted by molar-refractivity contribution is -0.384. The van der Waals surface area contributed by atoms with Crippen LogP contribution in [0.25, 0.3) is 0 Å². The zero-order chi connectivity index (χ0) is 24.3. The Hall–Kier alpha value is -2.24. The molecule has 0 aromatic heterocycles. The Labute approximate surface area is 201 Å². The minimum atomic E-state index is -3.77. The molecule has 1 aromatic carbocycles. The number of benzene rings is 1. The van der Waals surface area contributed by atoms with Crippen LogP contribution in [0.3, 0.4) is 0 Å². The van der Waals surface area contributed by atoms with E-state index in [2.05, 4.69) is 10.2 Å². The Morgan fingerprint density at radius 3 is 2.44 bits per heavy atom. The van der Waals surface area contributed by atoms with Crippen LogP contribution in [0.4, 0.5) is 11.4 Å². The SMILES string of the molecule is CC1CCCN(S(=O)(=O)c2ccc(NC3CCN(CC(=O)N4CCCC4)CC3)c([N+](=O)[O-])c2)C1. The van der Waals surface area contributed by atoms with Gasteiger partial charge in [-0.15, -0.1) is 0 Å². The predicted molar refractivity (Wildman–Crippen MR) is 129 cm³/mol. The number of nitrogens with zero attached hydrogens (tertiary/aromatic N) is 4. The van der Waals surface area contributed by atoms with Gasteiger partial charge in [0.25, 0.3) is 5.69 Å². The largest absolute Gasteiger partial charge is 0.377 e. The molecule has 1 atom stereocenters. The molecule has 188 valence electrons. The van der Waals surface area contributed by atoms with Gasteiger partial charge in [0.2, 0.25) is 15.9 Å². The van der Waals surface area contributed by atoms with Crippen LogP contribution in [-0.2, 0) is 14.8 Å². The van der Waals surface area contributed by atoms with Gasteiger partial charge in [0.15, 0.2) is 0 Å². The third kappa shape index (κ3) is 5.69. The van der Waals surface area contributed by atoms with Gasteiger partial charge in [0.05, 0.1) is 16.4 Å². The third-order valence-corrected chi connectivity index (χ3v) is 9.05. The second kappa shape index (κ2) is 10.6. The first-order valence-electron chi connectivity index (χ1n) is 12.3. The third-order valence-electron chi connectivity index (χ3n) is 7.19. The molecule has 0 bridgehead atoms. The first-order valence-corrected chi connectivity index (χ1v) is 13.7. The summed E-state index contributed by atoms with van der Waals surface area (Å²) in [6.45, 7) is 6.51. The molecule has 3 fully saturated rings. The fourth-order valence-electron chi connectivity index (χ4n) is 5.17. The molecular weight excluding hydrogens is 458 g/mol. The smallest absolute Gasteiger partial charge is 0.293 e. The molecule has 3 aliphatic heterocycles. The van der Waals surface area contributed by atoms with Gasteiger partial charge in [0.1, 0.15) is 5.69 Å². The summed E-state index contributed by atoms with van der Waals surface area (Å²) >= 11 is 0. The van der Waals surface area contributed by atoms with Gasteiger partial charge in [0, 0.05) is 51.4 Å². The Balaban J connectivity index is 1.39. The van der Waals surface area contributed by atoms with Crippen LogP contribution in [0.15, 0.2) is 23.1 Å². The number of piperidine rings is 2. The van der Waals surface area contributed by atoms with Crippen molar-refractivity contribution >= 4 is 27.3 Å². The van der Waals surface area contributed by atoms with E-state index < -0.39 is 14.9 Å². The van der Waals surface area contributed by atoms with Crippen molar-refractivity contribution in [2.75, 3.05) is 51.1 Å². The number of hydrogen-bond donors (Lipinski definition) is 1. The maximum atomic E-state index is 13.1. The van der Waals surface area contributed by atoms with Crippen molar-refractivity contribution in [3.05, 3.63) is 28.3 Å². The number of carbonyl (C=O) groups excluding carboxylic acids is 1. The molecule has 1 amide bonds. The van der Waals surface area contributed by atoms with Crippen LogP contribution in [0.2, 0.25) is 0 Å². The number of rotatable bonds is 7. The van der Waals surface area contributed by atoms with Crippen molar-refractivity contribution in [3.63, 3.8) is 0 Å². The lowest BCUT2D eigenvalue weighted by Gasteiger charge is -2.33. The van der Waals surface area contributed by atoms with E-state index in [0.29, 0.717) is 25.3 Å². The van der Waals surface area contributed by atoms with Crippen molar-refractivity contribution in [2.24, 2.45) is 5.92 Å². The van der Waals surface area contributed by atoms with E-state index in [0.717, 1.165) is 64.7 Å². The molecule has 1 aromatic rings. The highest BCUT2D eigenvalue weighted by Crippen LogP contribution is 2.32. The number of amides is 1. The van der Waals surface area contributed by atoms with Crippen LogP contribution in [0.1, 0.15) is 45.4 Å². The van der Waals surface area contributed by atoms with Gasteiger partial charge in [-0.2, -0.15) is 4.31 Å². The van der Waals surface area contributed by atoms with Gasteiger partial charge in [-0.1, -0.05) is 6.92 Å². The van der Waals surface area contributed by atoms with Crippen molar-refractivity contribution in [2.45, 2.75) is 56.4 Å². The van der Waals surface area contributed by atoms with Crippen molar-refractivity contribution in [3.8, 4) is 0 Å². The summed E-state index contributed by atoms with van der Waals surface area (Å²) in [6.07, 6.45) is 5.46. The lowest BCUT2D eigenvalue weighted by atomic mass is 10.0. The minimum absolute atomic E-state index is 0.0299. The Morgan fingerprint density at radius 2 is 1.79 bits per heavy atom. The standard InChI is InChI=1S/C23H35N5O5S/c1-18-5-4-12-27(16-18)34(32,33)20-6-7-21(22(15-20)28(30)31)24-19-8-13-25(14-9-19)17-23(29)26-10-2-3-11-26/h6-7,15,18-19,24H,2-5,8-14,16-17H2,1H3. The molecule has 1 N–H and O–H groups in total. The average molecular weight is 494 g/mol. The van der Waals surface area contributed by atoms with Crippen LogP contribution < -0.4 is 5.32 Å². The highest BCUT2D eigenvalue weighted by atomic mass is 32.2. The molecule has 4 rings (SSSR count). The number of anilines is 1. The number of hydrogen-bond acceptors (Lipinski definition) is 7. The molecule has 10 nitrogen and oxygen atoms in total. The van der Waals surface area contributed by atoms with E-state index in [1.165, 1.54) is 22.5 Å². The van der Waals surface area contributed by atoms with Gasteiger partial charge in [-0.3, -0.25) is 19.8 Å². The van der Waals surface area contributed by atoms with Crippen LogP contribution in [0.5, 0.6) is 0 Å². The monoisotopic (exact) mass is 493 g/mol. The van der Waals surface area contributed by atoms with Crippen molar-refractivity contribution in [1.29, 1.82) is 0 Å². The highest BCUT2D eigenvalue weighted by molar-refractivity contribution is 7.89. The zero-order valence-electron chi connectivity index (χ0n) is 19.8. The Bertz CT molecular complexity index is 1000. The van der Waals surface area contributed by atoms with Crippen LogP contribution >= 0.6 is 0 Å². The van der Waals surface area contributed by atoms with Crippen LogP contribution in [-0.4, -0.2) is 85.2 Å². The van der Waals surface area contributed by atoms with Crippen molar-refractivity contribution < 1.29 is 18.1 Å². The predicted octanol–water partition coefficient (Wildman–Crippen LogP) is 2.51. The summed E-state index contributed by atoms with van der Waals surface area (Å²) in [6, 6.07) is 4.19. The molecule has 0 spiro atoms. The second-order valence-electron chi connectivity index (χ2n) is 9.83. The van der Waals surface area contributed by atoms with E-state index in [9.17, 15) is 23.3 Å². The van der Waals surface area contributed by atoms with Crippen LogP contribution in [0, 0.1) is 16.0 Å². The molecule has 3 heterocycles. The first-order chi connectivity index (χ1) is 16.2. The minimum Gasteiger partial charge on any atom is -0.377 e. The molecule has 0 saturated carbocycles. The number of likely N-dealkylation sites (tertiary alicyclic amines) is 2. The lowest BCUT2D eigenvalue weighted by Crippen LogP contribution is -2.44. The number of carbonyl (C=O) groups is 1. The Morgan fingerprint density at radius 1 is 1.09 bits per heavy atom.